The molecule has 2 heterocycles. The zero-order valence-electron chi connectivity index (χ0n) is 11.8. The van der Waals surface area contributed by atoms with Crippen LogP contribution in [0.1, 0.15) is 22.8 Å². The Morgan fingerprint density at radius 2 is 1.73 bits per heavy atom. The van der Waals surface area contributed by atoms with E-state index in [1.807, 2.05) is 47.0 Å². The third-order valence-electron chi connectivity index (χ3n) is 3.76. The van der Waals surface area contributed by atoms with E-state index in [9.17, 15) is 5.11 Å². The Hall–Kier alpha value is -2.79. The second-order valence-electron chi connectivity index (χ2n) is 5.07. The number of fused-ring (bicyclic) bond motifs is 3. The van der Waals surface area contributed by atoms with E-state index in [0.717, 1.165) is 28.4 Å². The first-order chi connectivity index (χ1) is 10.9. The highest BCUT2D eigenvalue weighted by molar-refractivity contribution is 6.15. The second kappa shape index (κ2) is 5.20. The lowest BCUT2D eigenvalue weighted by Gasteiger charge is -2.12. The van der Waals surface area contributed by atoms with Crippen molar-refractivity contribution in [3.63, 3.8) is 0 Å². The van der Waals surface area contributed by atoms with Crippen LogP contribution in [-0.4, -0.2) is 25.6 Å². The number of rotatable bonds is 2. The van der Waals surface area contributed by atoms with Gasteiger partial charge >= 0.3 is 0 Å². The highest BCUT2D eigenvalue weighted by Gasteiger charge is 2.21. The fraction of sp³-hybridized carbons (Fsp3) is 0.118. The molecule has 0 saturated carbocycles. The summed E-state index contributed by atoms with van der Waals surface area (Å²) in [6.45, 7) is 0.286. The lowest BCUT2D eigenvalue weighted by molar-refractivity contribution is 0.268. The molecule has 0 spiro atoms. The van der Waals surface area contributed by atoms with Crippen LogP contribution in [-0.2, 0) is 13.2 Å². The summed E-state index contributed by atoms with van der Waals surface area (Å²) in [6.07, 6.45) is 0. The van der Waals surface area contributed by atoms with E-state index >= 15 is 0 Å². The number of hydrogen-bond acceptors (Lipinski definition) is 4. The molecule has 1 aromatic heterocycles. The van der Waals surface area contributed by atoms with E-state index in [0.29, 0.717) is 12.4 Å². The minimum Gasteiger partial charge on any atom is -0.388 e. The average Bonchev–Trinajstić information content (AvgIpc) is 2.92. The van der Waals surface area contributed by atoms with Gasteiger partial charge in [0, 0.05) is 11.1 Å². The zero-order chi connectivity index (χ0) is 14.9. The van der Waals surface area contributed by atoms with Crippen LogP contribution in [0, 0.1) is 0 Å². The van der Waals surface area contributed by atoms with Gasteiger partial charge in [-0.3, -0.25) is 9.56 Å². The van der Waals surface area contributed by atoms with Crippen molar-refractivity contribution in [1.82, 2.24) is 14.8 Å². The summed E-state index contributed by atoms with van der Waals surface area (Å²) in [5.74, 6) is 1.27. The first-order valence-corrected chi connectivity index (χ1v) is 7.12. The molecule has 0 fully saturated rings. The van der Waals surface area contributed by atoms with E-state index in [2.05, 4.69) is 22.3 Å². The summed E-state index contributed by atoms with van der Waals surface area (Å²) >= 11 is 0. The Balaban J connectivity index is 1.97. The molecule has 22 heavy (non-hydrogen) atoms. The second-order valence-corrected chi connectivity index (χ2v) is 5.07. The predicted octanol–water partition coefficient (Wildman–Crippen LogP) is 2.11. The summed E-state index contributed by atoms with van der Waals surface area (Å²) in [5.41, 5.74) is 3.97. The number of aliphatic hydroxyl groups excluding tert-OH is 1. The molecule has 0 saturated heterocycles. The van der Waals surface area contributed by atoms with Crippen molar-refractivity contribution in [2.24, 2.45) is 4.99 Å². The predicted molar refractivity (Wildman–Crippen MR) is 83.1 cm³/mol. The van der Waals surface area contributed by atoms with Crippen molar-refractivity contribution >= 4 is 5.71 Å². The molecule has 1 N–H and O–H groups in total. The summed E-state index contributed by atoms with van der Waals surface area (Å²) in [4.78, 5) is 4.74. The number of aromatic nitrogens is 3. The first-order valence-electron chi connectivity index (χ1n) is 7.12. The summed E-state index contributed by atoms with van der Waals surface area (Å²) in [5, 5.41) is 17.7. The molecular weight excluding hydrogens is 276 g/mol. The molecule has 1 aliphatic rings. The third-order valence-corrected chi connectivity index (χ3v) is 3.76. The summed E-state index contributed by atoms with van der Waals surface area (Å²) in [6, 6.07) is 18.1. The summed E-state index contributed by atoms with van der Waals surface area (Å²) < 4.78 is 1.90. The van der Waals surface area contributed by atoms with Crippen molar-refractivity contribution in [3.05, 3.63) is 77.4 Å². The molecule has 0 atom stereocenters. The lowest BCUT2D eigenvalue weighted by Crippen LogP contribution is -2.09. The van der Waals surface area contributed by atoms with Gasteiger partial charge in [0.2, 0.25) is 0 Å². The Bertz CT molecular complexity index is 852. The third kappa shape index (κ3) is 1.95. The van der Waals surface area contributed by atoms with Crippen molar-refractivity contribution in [2.45, 2.75) is 13.2 Å². The SMILES string of the molecule is OCc1nnc2n1-c1ccccc1C(c1ccccc1)=NC2. The standard InChI is InChI=1S/C17H14N4O/c22-11-16-20-19-15-10-18-17(12-6-2-1-3-7-12)13-8-4-5-9-14(13)21(15)16/h1-9,22H,10-11H2. The Morgan fingerprint density at radius 1 is 0.955 bits per heavy atom. The van der Waals surface area contributed by atoms with E-state index in [-0.39, 0.29) is 6.61 Å². The number of aliphatic hydroxyl groups is 1. The Labute approximate surface area is 127 Å². The van der Waals surface area contributed by atoms with Crippen LogP contribution in [0.2, 0.25) is 0 Å². The number of benzene rings is 2. The molecule has 5 nitrogen and oxygen atoms in total. The fourth-order valence-corrected chi connectivity index (χ4v) is 2.78. The summed E-state index contributed by atoms with van der Waals surface area (Å²) in [7, 11) is 0. The average molecular weight is 290 g/mol. The molecule has 2 aromatic carbocycles. The van der Waals surface area contributed by atoms with Gasteiger partial charge in [0.05, 0.1) is 11.4 Å². The highest BCUT2D eigenvalue weighted by atomic mass is 16.3. The number of hydrogen-bond donors (Lipinski definition) is 1. The van der Waals surface area contributed by atoms with E-state index < -0.39 is 0 Å². The molecule has 108 valence electrons. The van der Waals surface area contributed by atoms with Crippen LogP contribution < -0.4 is 0 Å². The number of para-hydroxylation sites is 1. The van der Waals surface area contributed by atoms with Gasteiger partial charge in [0.15, 0.2) is 11.6 Å². The van der Waals surface area contributed by atoms with Gasteiger partial charge in [-0.25, -0.2) is 0 Å². The fourth-order valence-electron chi connectivity index (χ4n) is 2.78. The number of aliphatic imine (C=N–C) groups is 1. The molecule has 0 unspecified atom stereocenters. The van der Waals surface area contributed by atoms with Gasteiger partial charge in [0.25, 0.3) is 0 Å². The van der Waals surface area contributed by atoms with Crippen LogP contribution in [0.5, 0.6) is 0 Å². The molecule has 4 rings (SSSR count). The molecule has 0 amide bonds. The van der Waals surface area contributed by atoms with Crippen LogP contribution in [0.3, 0.4) is 0 Å². The Kier molecular flexibility index (Phi) is 3.05. The molecule has 0 aliphatic carbocycles. The molecule has 0 radical (unpaired) electrons. The van der Waals surface area contributed by atoms with Crippen molar-refractivity contribution in [2.75, 3.05) is 0 Å². The van der Waals surface area contributed by atoms with Gasteiger partial charge in [-0.05, 0) is 6.07 Å². The zero-order valence-corrected chi connectivity index (χ0v) is 11.8. The maximum Gasteiger partial charge on any atom is 0.163 e. The largest absolute Gasteiger partial charge is 0.388 e. The van der Waals surface area contributed by atoms with Crippen LogP contribution in [0.25, 0.3) is 5.69 Å². The van der Waals surface area contributed by atoms with Gasteiger partial charge < -0.3 is 5.11 Å². The van der Waals surface area contributed by atoms with Gasteiger partial charge in [-0.2, -0.15) is 0 Å². The smallest absolute Gasteiger partial charge is 0.163 e. The topological polar surface area (TPSA) is 63.3 Å². The molecule has 5 heteroatoms. The van der Waals surface area contributed by atoms with Gasteiger partial charge in [0.1, 0.15) is 13.2 Å². The molecule has 3 aromatic rings. The first kappa shape index (κ1) is 12.9. The minimum absolute atomic E-state index is 0.151. The van der Waals surface area contributed by atoms with Gasteiger partial charge in [-0.15, -0.1) is 10.2 Å². The van der Waals surface area contributed by atoms with Crippen LogP contribution >= 0.6 is 0 Å². The monoisotopic (exact) mass is 290 g/mol. The van der Waals surface area contributed by atoms with Crippen molar-refractivity contribution in [3.8, 4) is 5.69 Å². The maximum absolute atomic E-state index is 9.52. The van der Waals surface area contributed by atoms with Crippen molar-refractivity contribution in [1.29, 1.82) is 0 Å². The molecule has 1 aliphatic heterocycles. The van der Waals surface area contributed by atoms with Crippen LogP contribution in [0.15, 0.2) is 59.6 Å². The highest BCUT2D eigenvalue weighted by Crippen LogP contribution is 2.25. The number of nitrogens with zero attached hydrogens (tertiary/aromatic N) is 4. The molecular formula is C17H14N4O. The normalized spacial score (nSPS) is 13.0. The van der Waals surface area contributed by atoms with Gasteiger partial charge in [-0.1, -0.05) is 48.5 Å². The molecule has 0 bridgehead atoms. The minimum atomic E-state index is -0.151. The van der Waals surface area contributed by atoms with Crippen molar-refractivity contribution < 1.29 is 5.11 Å². The van der Waals surface area contributed by atoms with E-state index in [1.54, 1.807) is 0 Å². The van der Waals surface area contributed by atoms with E-state index in [1.165, 1.54) is 0 Å². The lowest BCUT2D eigenvalue weighted by atomic mass is 10.0. The Morgan fingerprint density at radius 3 is 2.55 bits per heavy atom. The van der Waals surface area contributed by atoms with E-state index in [4.69, 9.17) is 4.99 Å². The van der Waals surface area contributed by atoms with Crippen LogP contribution in [0.4, 0.5) is 0 Å². The quantitative estimate of drug-likeness (QED) is 0.786. The maximum atomic E-state index is 9.52.